The lowest BCUT2D eigenvalue weighted by Gasteiger charge is -2.49. The van der Waals surface area contributed by atoms with Gasteiger partial charge in [-0.25, -0.2) is 9.59 Å². The molecule has 0 saturated carbocycles. The Labute approximate surface area is 285 Å². The van der Waals surface area contributed by atoms with Gasteiger partial charge < -0.3 is 61.9 Å². The van der Waals surface area contributed by atoms with Crippen molar-refractivity contribution in [1.82, 2.24) is 0 Å². The molecule has 3 fully saturated rings. The van der Waals surface area contributed by atoms with Crippen molar-refractivity contribution < 1.29 is 95.5 Å². The summed E-state index contributed by atoms with van der Waals surface area (Å²) >= 11 is 0. The molecule has 3 saturated heterocycles. The summed E-state index contributed by atoms with van der Waals surface area (Å²) < 4.78 is 65.5. The van der Waals surface area contributed by atoms with Crippen LogP contribution >= 0.6 is 0 Å². The lowest BCUT2D eigenvalue weighted by Crippen LogP contribution is -2.68. The lowest BCUT2D eigenvalue weighted by molar-refractivity contribution is -0.363. The highest BCUT2D eigenvalue weighted by Gasteiger charge is 2.61. The second kappa shape index (κ2) is 17.5. The Bertz CT molecular complexity index is 1300. The second-order valence-corrected chi connectivity index (χ2v) is 11.2. The second-order valence-electron chi connectivity index (χ2n) is 11.2. The molecule has 1 N–H and O–H groups in total. The number of methoxy groups -OCH3 is 1. The minimum Gasteiger partial charge on any atom is -0.465 e. The molecule has 0 aliphatic carbocycles. The zero-order valence-electron chi connectivity index (χ0n) is 28.1. The number of ether oxygens (including phenoxy) is 12. The van der Waals surface area contributed by atoms with Crippen molar-refractivity contribution in [2.24, 2.45) is 0 Å². The van der Waals surface area contributed by atoms with Crippen LogP contribution < -0.4 is 0 Å². The van der Waals surface area contributed by atoms with Crippen LogP contribution in [0.4, 0.5) is 4.79 Å². The Morgan fingerprint density at radius 1 is 0.940 bits per heavy atom. The summed E-state index contributed by atoms with van der Waals surface area (Å²) in [6.45, 7) is 7.28. The van der Waals surface area contributed by atoms with Gasteiger partial charge in [-0.3, -0.25) is 24.0 Å². The highest BCUT2D eigenvalue weighted by molar-refractivity contribution is 5.78. The number of hydrogen-bond acceptors (Lipinski definition) is 20. The van der Waals surface area contributed by atoms with Crippen molar-refractivity contribution in [2.45, 2.75) is 108 Å². The molecule has 0 spiro atoms. The molecule has 20 nitrogen and oxygen atoms in total. The predicted octanol–water partition coefficient (Wildman–Crippen LogP) is -0.856. The molecule has 3 heterocycles. The Kier molecular flexibility index (Phi) is 14.0. The van der Waals surface area contributed by atoms with Crippen LogP contribution in [0.5, 0.6) is 0 Å². The number of carbonyl (C=O) groups is 7. The standard InChI is InChI=1S/C30H40O20/c1-8-9-42-30(28(37)39-7)10-18(21(36)22(50-30)19-12-41-29(38)48-19)47-27-26(46-17(6)35)25(45-16(5)34)24(44-15(4)33)23(49-27)20(43-14(3)32)11-40-13(2)31/h8,18-27,36H,1,9-12H2,2-7H3/t18-,19-,20+,21-,22-,23-,24-,25+,26+,27+,30+/m1/s1. The summed E-state index contributed by atoms with van der Waals surface area (Å²) in [7, 11) is 1.03. The average molecular weight is 721 g/mol. The summed E-state index contributed by atoms with van der Waals surface area (Å²) in [6.07, 6.45) is -17.0. The summed E-state index contributed by atoms with van der Waals surface area (Å²) in [6, 6.07) is 0. The zero-order chi connectivity index (χ0) is 37.3. The Morgan fingerprint density at radius 2 is 1.56 bits per heavy atom. The molecular weight excluding hydrogens is 680 g/mol. The van der Waals surface area contributed by atoms with Crippen molar-refractivity contribution in [2.75, 3.05) is 26.9 Å². The summed E-state index contributed by atoms with van der Waals surface area (Å²) in [5.41, 5.74) is 0. The maximum absolute atomic E-state index is 13.2. The van der Waals surface area contributed by atoms with E-state index >= 15 is 0 Å². The fraction of sp³-hybridized carbons (Fsp3) is 0.700. The van der Waals surface area contributed by atoms with Crippen molar-refractivity contribution in [1.29, 1.82) is 0 Å². The first-order valence-electron chi connectivity index (χ1n) is 15.2. The van der Waals surface area contributed by atoms with Gasteiger partial charge in [0.25, 0.3) is 5.79 Å². The van der Waals surface area contributed by atoms with Crippen molar-refractivity contribution >= 4 is 42.0 Å². The number of cyclic esters (lactones) is 2. The fourth-order valence-corrected chi connectivity index (χ4v) is 5.49. The van der Waals surface area contributed by atoms with Gasteiger partial charge in [-0.05, 0) is 0 Å². The molecule has 0 amide bonds. The maximum atomic E-state index is 13.2. The van der Waals surface area contributed by atoms with Gasteiger partial charge in [0.05, 0.1) is 19.8 Å². The van der Waals surface area contributed by atoms with Gasteiger partial charge >= 0.3 is 42.0 Å². The highest BCUT2D eigenvalue weighted by atomic mass is 16.8. The van der Waals surface area contributed by atoms with Gasteiger partial charge in [-0.1, -0.05) is 6.08 Å². The van der Waals surface area contributed by atoms with Gasteiger partial charge in [0.2, 0.25) is 0 Å². The number of aliphatic hydroxyl groups excluding tert-OH is 1. The number of esters is 6. The number of hydrogen-bond donors (Lipinski definition) is 1. The number of aliphatic hydroxyl groups is 1. The Balaban J connectivity index is 2.17. The Hall–Kier alpha value is -4.37. The van der Waals surface area contributed by atoms with Crippen LogP contribution in [-0.2, 0) is 85.6 Å². The third-order valence-electron chi connectivity index (χ3n) is 7.30. The maximum Gasteiger partial charge on any atom is 0.508 e. The van der Waals surface area contributed by atoms with Gasteiger partial charge in [-0.2, -0.15) is 0 Å². The van der Waals surface area contributed by atoms with E-state index in [1.165, 1.54) is 6.08 Å². The van der Waals surface area contributed by atoms with Crippen LogP contribution in [0.3, 0.4) is 0 Å². The van der Waals surface area contributed by atoms with Crippen molar-refractivity contribution in [3.8, 4) is 0 Å². The number of rotatable bonds is 14. The van der Waals surface area contributed by atoms with Crippen LogP contribution in [0.1, 0.15) is 41.0 Å². The van der Waals surface area contributed by atoms with Gasteiger partial charge in [0.1, 0.15) is 31.5 Å². The quantitative estimate of drug-likeness (QED) is 0.130. The third kappa shape index (κ3) is 10.1. The van der Waals surface area contributed by atoms with E-state index in [-0.39, 0.29) is 6.61 Å². The summed E-state index contributed by atoms with van der Waals surface area (Å²) in [5, 5.41) is 11.5. The molecule has 50 heavy (non-hydrogen) atoms. The minimum absolute atomic E-state index is 0.289. The molecule has 0 aromatic heterocycles. The van der Waals surface area contributed by atoms with Gasteiger partial charge in [0.15, 0.2) is 36.8 Å². The van der Waals surface area contributed by atoms with E-state index in [4.69, 9.17) is 56.8 Å². The first kappa shape index (κ1) is 40.1. The molecule has 3 aliphatic rings. The van der Waals surface area contributed by atoms with Crippen LogP contribution in [0.25, 0.3) is 0 Å². The lowest BCUT2D eigenvalue weighted by atomic mass is 9.91. The molecule has 0 radical (unpaired) electrons. The van der Waals surface area contributed by atoms with Crippen LogP contribution in [0.15, 0.2) is 12.7 Å². The largest absolute Gasteiger partial charge is 0.508 e. The van der Waals surface area contributed by atoms with Crippen molar-refractivity contribution in [3.05, 3.63) is 12.7 Å². The van der Waals surface area contributed by atoms with E-state index in [9.17, 15) is 38.7 Å². The summed E-state index contributed by atoms with van der Waals surface area (Å²) in [5.74, 6) is -7.97. The van der Waals surface area contributed by atoms with E-state index in [1.54, 1.807) is 0 Å². The van der Waals surface area contributed by atoms with E-state index < -0.39 is 129 Å². The van der Waals surface area contributed by atoms with Crippen LogP contribution in [0, 0.1) is 0 Å². The smallest absolute Gasteiger partial charge is 0.465 e. The number of carbonyl (C=O) groups excluding carboxylic acids is 7. The molecule has 0 aromatic rings. The Morgan fingerprint density at radius 3 is 2.08 bits per heavy atom. The predicted molar refractivity (Wildman–Crippen MR) is 155 cm³/mol. The van der Waals surface area contributed by atoms with Crippen LogP contribution in [0.2, 0.25) is 0 Å². The molecule has 11 atom stereocenters. The SMILES string of the molecule is C=CCO[C@@]1(C(=O)OC)C[C@@H](O[C@H]2O[C@H]([C@H](COC(C)=O)OC(C)=O)[C@@H](OC(C)=O)[C@H](OC(C)=O)[C@@H]2OC(C)=O)[C@@H](O)[C@@H]([C@H]2COC(=O)O2)O1. The minimum atomic E-state index is -2.33. The van der Waals surface area contributed by atoms with E-state index in [0.717, 1.165) is 41.7 Å². The van der Waals surface area contributed by atoms with E-state index in [2.05, 4.69) is 6.58 Å². The topological polar surface area (TPSA) is 250 Å². The molecule has 0 aromatic carbocycles. The van der Waals surface area contributed by atoms with E-state index in [1.807, 2.05) is 0 Å². The zero-order valence-corrected chi connectivity index (χ0v) is 28.1. The average Bonchev–Trinajstić information content (AvgIpc) is 3.46. The molecular formula is C30H40O20. The first-order chi connectivity index (χ1) is 23.5. The fourth-order valence-electron chi connectivity index (χ4n) is 5.49. The molecule has 20 heteroatoms. The third-order valence-corrected chi connectivity index (χ3v) is 7.30. The molecule has 3 aliphatic heterocycles. The normalized spacial score (nSPS) is 32.6. The monoisotopic (exact) mass is 720 g/mol. The molecule has 280 valence electrons. The van der Waals surface area contributed by atoms with Gasteiger partial charge in [-0.15, -0.1) is 6.58 Å². The van der Waals surface area contributed by atoms with Gasteiger partial charge in [0, 0.05) is 41.0 Å². The molecule has 0 unspecified atom stereocenters. The van der Waals surface area contributed by atoms with Crippen LogP contribution in [-0.4, -0.2) is 141 Å². The van der Waals surface area contributed by atoms with Crippen molar-refractivity contribution in [3.63, 3.8) is 0 Å². The van der Waals surface area contributed by atoms with E-state index in [0.29, 0.717) is 0 Å². The summed E-state index contributed by atoms with van der Waals surface area (Å²) in [4.78, 5) is 85.9. The molecule has 0 bridgehead atoms. The highest BCUT2D eigenvalue weighted by Crippen LogP contribution is 2.39. The molecule has 3 rings (SSSR count). The first-order valence-corrected chi connectivity index (χ1v) is 15.2.